The molecule has 3 rings (SSSR count). The van der Waals surface area contributed by atoms with Crippen LogP contribution in [0.1, 0.15) is 54.0 Å². The molecule has 7 nitrogen and oxygen atoms in total. The number of pyridine rings is 1. The van der Waals surface area contributed by atoms with Crippen LogP contribution in [0.5, 0.6) is 0 Å². The van der Waals surface area contributed by atoms with Crippen molar-refractivity contribution < 1.29 is 18.8 Å². The van der Waals surface area contributed by atoms with Gasteiger partial charge in [0.2, 0.25) is 0 Å². The Kier molecular flexibility index (Phi) is 5.64. The van der Waals surface area contributed by atoms with Crippen LogP contribution in [0.25, 0.3) is 0 Å². The predicted octanol–water partition coefficient (Wildman–Crippen LogP) is 2.75. The molecule has 2 aliphatic rings. The van der Waals surface area contributed by atoms with Gasteiger partial charge in [-0.1, -0.05) is 6.07 Å². The fourth-order valence-electron chi connectivity index (χ4n) is 3.46. The summed E-state index contributed by atoms with van der Waals surface area (Å²) >= 11 is 0. The smallest absolute Gasteiger partial charge is 0.444 e. The maximum absolute atomic E-state index is 12.3. The van der Waals surface area contributed by atoms with Gasteiger partial charge in [-0.15, -0.1) is 0 Å². The highest BCUT2D eigenvalue weighted by Crippen LogP contribution is 2.36. The van der Waals surface area contributed by atoms with Crippen molar-refractivity contribution in [2.24, 2.45) is 0 Å². The number of carbonyl (C=O) groups is 1. The Morgan fingerprint density at radius 3 is 2.14 bits per heavy atom. The first kappa shape index (κ1) is 21.9. The van der Waals surface area contributed by atoms with Gasteiger partial charge in [0.05, 0.1) is 11.2 Å². The molecule has 0 unspecified atom stereocenters. The molecule has 160 valence electrons. The average molecular weight is 403 g/mol. The van der Waals surface area contributed by atoms with Crippen molar-refractivity contribution in [1.82, 2.24) is 9.88 Å². The summed E-state index contributed by atoms with van der Waals surface area (Å²) in [6.45, 7) is 18.6. The summed E-state index contributed by atoms with van der Waals surface area (Å²) in [5.41, 5.74) is 0.778. The molecule has 2 saturated heterocycles. The summed E-state index contributed by atoms with van der Waals surface area (Å²) in [5, 5.41) is 0. The molecule has 1 amide bonds. The van der Waals surface area contributed by atoms with Gasteiger partial charge in [-0.05, 0) is 61.0 Å². The lowest BCUT2D eigenvalue weighted by atomic mass is 9.79. The molecular weight excluding hydrogens is 369 g/mol. The van der Waals surface area contributed by atoms with E-state index in [2.05, 4.69) is 17.9 Å². The quantitative estimate of drug-likeness (QED) is 0.708. The van der Waals surface area contributed by atoms with Crippen LogP contribution in [-0.2, 0) is 14.0 Å². The number of hydrogen-bond acceptors (Lipinski definition) is 6. The molecule has 0 radical (unpaired) electrons. The highest BCUT2D eigenvalue weighted by Gasteiger charge is 2.51. The number of carbonyl (C=O) groups excluding carboxylic acids is 1. The average Bonchev–Trinajstić information content (AvgIpc) is 2.81. The van der Waals surface area contributed by atoms with Crippen molar-refractivity contribution in [3.63, 3.8) is 0 Å². The highest BCUT2D eigenvalue weighted by molar-refractivity contribution is 6.62. The standard InChI is InChI=1S/C21H34BN3O4/c1-15-13-16(22-28-20(5,6)21(7,8)29-22)14-23-17(15)24-9-11-25(12-10-24)18(26)27-19(2,3)4/h13-14H,9-12H2,1-8H3. The SMILES string of the molecule is Cc1cc(B2OC(C)(C)C(C)(C)O2)cnc1N1CCN(C(=O)OC(C)(C)C)CC1. The van der Waals surface area contributed by atoms with Gasteiger partial charge in [0.15, 0.2) is 0 Å². The number of nitrogens with zero attached hydrogens (tertiary/aromatic N) is 3. The summed E-state index contributed by atoms with van der Waals surface area (Å²) in [7, 11) is -0.413. The van der Waals surface area contributed by atoms with Crippen LogP contribution in [-0.4, -0.2) is 66.1 Å². The first-order chi connectivity index (χ1) is 13.3. The summed E-state index contributed by atoms with van der Waals surface area (Å²) in [6, 6.07) is 2.09. The maximum atomic E-state index is 12.3. The third-order valence-electron chi connectivity index (χ3n) is 5.83. The fourth-order valence-corrected chi connectivity index (χ4v) is 3.46. The zero-order valence-corrected chi connectivity index (χ0v) is 19.0. The molecule has 0 N–H and O–H groups in total. The molecule has 0 aromatic carbocycles. The van der Waals surface area contributed by atoms with E-state index in [1.807, 2.05) is 54.7 Å². The van der Waals surface area contributed by atoms with E-state index >= 15 is 0 Å². The van der Waals surface area contributed by atoms with Crippen molar-refractivity contribution in [3.8, 4) is 0 Å². The van der Waals surface area contributed by atoms with Crippen LogP contribution < -0.4 is 10.4 Å². The van der Waals surface area contributed by atoms with E-state index in [1.165, 1.54) is 0 Å². The summed E-state index contributed by atoms with van der Waals surface area (Å²) in [4.78, 5) is 20.9. The van der Waals surface area contributed by atoms with E-state index in [0.717, 1.165) is 29.9 Å². The van der Waals surface area contributed by atoms with E-state index in [4.69, 9.17) is 19.0 Å². The Labute approximate surface area is 174 Å². The van der Waals surface area contributed by atoms with Gasteiger partial charge in [0.25, 0.3) is 0 Å². The largest absolute Gasteiger partial charge is 0.496 e. The van der Waals surface area contributed by atoms with Crippen molar-refractivity contribution in [2.75, 3.05) is 31.1 Å². The van der Waals surface area contributed by atoms with Gasteiger partial charge in [-0.25, -0.2) is 9.78 Å². The first-order valence-electron chi connectivity index (χ1n) is 10.3. The molecule has 0 aliphatic carbocycles. The molecular formula is C21H34BN3O4. The number of aromatic nitrogens is 1. The van der Waals surface area contributed by atoms with Crippen LogP contribution >= 0.6 is 0 Å². The summed E-state index contributed by atoms with van der Waals surface area (Å²) in [6.07, 6.45) is 1.59. The van der Waals surface area contributed by atoms with Gasteiger partial charge in [-0.3, -0.25) is 0 Å². The topological polar surface area (TPSA) is 64.1 Å². The highest BCUT2D eigenvalue weighted by atomic mass is 16.7. The van der Waals surface area contributed by atoms with Crippen LogP contribution in [0.2, 0.25) is 0 Å². The van der Waals surface area contributed by atoms with Crippen molar-refractivity contribution in [2.45, 2.75) is 72.2 Å². The lowest BCUT2D eigenvalue weighted by Crippen LogP contribution is -2.50. The lowest BCUT2D eigenvalue weighted by molar-refractivity contribution is 0.00578. The Hall–Kier alpha value is -1.80. The normalized spacial score (nSPS) is 21.4. The fraction of sp³-hybridized carbons (Fsp3) is 0.714. The monoisotopic (exact) mass is 403 g/mol. The zero-order chi connectivity index (χ0) is 21.6. The number of ether oxygens (including phenoxy) is 1. The Morgan fingerprint density at radius 2 is 1.66 bits per heavy atom. The van der Waals surface area contributed by atoms with Crippen LogP contribution in [0, 0.1) is 6.92 Å². The lowest BCUT2D eigenvalue weighted by Gasteiger charge is -2.36. The van der Waals surface area contributed by atoms with Crippen LogP contribution in [0.15, 0.2) is 12.3 Å². The number of anilines is 1. The van der Waals surface area contributed by atoms with Crippen molar-refractivity contribution in [3.05, 3.63) is 17.8 Å². The second-order valence-corrected chi connectivity index (χ2v) is 9.95. The van der Waals surface area contributed by atoms with Gasteiger partial charge in [-0.2, -0.15) is 0 Å². The molecule has 0 atom stereocenters. The molecule has 0 spiro atoms. The number of hydrogen-bond donors (Lipinski definition) is 0. The van der Waals surface area contributed by atoms with E-state index in [1.54, 1.807) is 4.90 Å². The number of piperazine rings is 1. The number of rotatable bonds is 2. The van der Waals surface area contributed by atoms with Crippen molar-refractivity contribution in [1.29, 1.82) is 0 Å². The second-order valence-electron chi connectivity index (χ2n) is 9.95. The van der Waals surface area contributed by atoms with Gasteiger partial charge in [0, 0.05) is 37.8 Å². The Morgan fingerprint density at radius 1 is 1.10 bits per heavy atom. The van der Waals surface area contributed by atoms with Gasteiger partial charge in [0.1, 0.15) is 11.4 Å². The molecule has 2 fully saturated rings. The van der Waals surface area contributed by atoms with E-state index in [9.17, 15) is 4.79 Å². The van der Waals surface area contributed by atoms with E-state index in [-0.39, 0.29) is 17.3 Å². The van der Waals surface area contributed by atoms with Crippen LogP contribution in [0.3, 0.4) is 0 Å². The van der Waals surface area contributed by atoms with Crippen molar-refractivity contribution >= 4 is 24.5 Å². The number of amides is 1. The molecule has 1 aromatic heterocycles. The van der Waals surface area contributed by atoms with E-state index in [0.29, 0.717) is 13.1 Å². The predicted molar refractivity (Wildman–Crippen MR) is 115 cm³/mol. The third kappa shape index (κ3) is 4.69. The number of aryl methyl sites for hydroxylation is 1. The molecule has 29 heavy (non-hydrogen) atoms. The second kappa shape index (κ2) is 7.47. The Bertz CT molecular complexity index is 752. The molecule has 3 heterocycles. The molecule has 2 aliphatic heterocycles. The van der Waals surface area contributed by atoms with Gasteiger partial charge >= 0.3 is 13.2 Å². The van der Waals surface area contributed by atoms with Gasteiger partial charge < -0.3 is 23.8 Å². The molecule has 8 heteroatoms. The molecule has 0 saturated carbocycles. The molecule has 1 aromatic rings. The third-order valence-corrected chi connectivity index (χ3v) is 5.83. The summed E-state index contributed by atoms with van der Waals surface area (Å²) in [5.74, 6) is 0.939. The van der Waals surface area contributed by atoms with Crippen LogP contribution in [0.4, 0.5) is 10.6 Å². The van der Waals surface area contributed by atoms with E-state index < -0.39 is 12.7 Å². The first-order valence-corrected chi connectivity index (χ1v) is 10.3. The zero-order valence-electron chi connectivity index (χ0n) is 19.0. The molecule has 0 bridgehead atoms. The minimum atomic E-state index is -0.476. The minimum absolute atomic E-state index is 0.252. The Balaban J connectivity index is 1.64. The minimum Gasteiger partial charge on any atom is -0.444 e. The summed E-state index contributed by atoms with van der Waals surface area (Å²) < 4.78 is 17.7. The maximum Gasteiger partial charge on any atom is 0.496 e.